The molecule has 0 saturated heterocycles. The Bertz CT molecular complexity index is 943. The fraction of sp³-hybridized carbons (Fsp3) is 0.500. The first-order valence-corrected chi connectivity index (χ1v) is 12.4. The quantitative estimate of drug-likeness (QED) is 0.513. The molecule has 2 amide bonds. The maximum Gasteiger partial charge on any atom is 0.242 e. The van der Waals surface area contributed by atoms with E-state index in [1.807, 2.05) is 31.2 Å². The molecule has 2 aromatic rings. The summed E-state index contributed by atoms with van der Waals surface area (Å²) in [7, 11) is 0. The third kappa shape index (κ3) is 7.33. The molecule has 3 rings (SSSR count). The van der Waals surface area contributed by atoms with Gasteiger partial charge in [-0.1, -0.05) is 81.6 Å². The van der Waals surface area contributed by atoms with E-state index in [1.54, 1.807) is 4.90 Å². The summed E-state index contributed by atoms with van der Waals surface area (Å²) in [6.07, 6.45) is 5.34. The van der Waals surface area contributed by atoms with Gasteiger partial charge in [-0.2, -0.15) is 0 Å². The average molecular weight is 469 g/mol. The summed E-state index contributed by atoms with van der Waals surface area (Å²) in [6, 6.07) is 15.7. The third-order valence-electron chi connectivity index (χ3n) is 6.56. The van der Waals surface area contributed by atoms with Gasteiger partial charge in [0.1, 0.15) is 6.04 Å². The molecule has 1 fully saturated rings. The number of carbonyl (C=O) groups is 2. The minimum atomic E-state index is -0.541. The zero-order valence-corrected chi connectivity index (χ0v) is 21.1. The van der Waals surface area contributed by atoms with Crippen molar-refractivity contribution < 1.29 is 9.59 Å². The van der Waals surface area contributed by atoms with E-state index in [9.17, 15) is 9.59 Å². The zero-order valence-electron chi connectivity index (χ0n) is 20.4. The Hall–Kier alpha value is -2.33. The smallest absolute Gasteiger partial charge is 0.242 e. The molecule has 2 aromatic carbocycles. The highest BCUT2D eigenvalue weighted by Crippen LogP contribution is 2.23. The number of nitrogens with one attached hydrogen (secondary N) is 1. The Balaban J connectivity index is 1.70. The van der Waals surface area contributed by atoms with Gasteiger partial charge in [-0.3, -0.25) is 9.59 Å². The molecule has 1 N–H and O–H groups in total. The Morgan fingerprint density at radius 2 is 1.73 bits per heavy atom. The number of halogens is 1. The molecule has 1 aliphatic carbocycles. The topological polar surface area (TPSA) is 49.4 Å². The van der Waals surface area contributed by atoms with Crippen LogP contribution in [0.5, 0.6) is 0 Å². The van der Waals surface area contributed by atoms with Crippen LogP contribution in [0.15, 0.2) is 48.5 Å². The predicted octanol–water partition coefficient (Wildman–Crippen LogP) is 6.05. The second-order valence-corrected chi connectivity index (χ2v) is 10.7. The van der Waals surface area contributed by atoms with Crippen LogP contribution < -0.4 is 5.32 Å². The number of amides is 2. The van der Waals surface area contributed by atoms with Gasteiger partial charge >= 0.3 is 0 Å². The van der Waals surface area contributed by atoms with Crippen LogP contribution in [-0.4, -0.2) is 28.8 Å². The molecule has 0 radical (unpaired) electrons. The number of benzene rings is 2. The third-order valence-corrected chi connectivity index (χ3v) is 6.79. The van der Waals surface area contributed by atoms with E-state index >= 15 is 0 Å². The lowest BCUT2D eigenvalue weighted by Gasteiger charge is -2.30. The Morgan fingerprint density at radius 3 is 2.33 bits per heavy atom. The minimum Gasteiger partial charge on any atom is -0.352 e. The second kappa shape index (κ2) is 11.2. The van der Waals surface area contributed by atoms with Gasteiger partial charge in [-0.05, 0) is 60.4 Å². The van der Waals surface area contributed by atoms with Crippen LogP contribution in [0.3, 0.4) is 0 Å². The van der Waals surface area contributed by atoms with Crippen LogP contribution >= 0.6 is 11.6 Å². The summed E-state index contributed by atoms with van der Waals surface area (Å²) in [5.41, 5.74) is 3.43. The van der Waals surface area contributed by atoms with Crippen LogP contribution in [0.25, 0.3) is 0 Å². The zero-order chi connectivity index (χ0) is 24.0. The molecular formula is C28H37ClN2O2. The van der Waals surface area contributed by atoms with Crippen molar-refractivity contribution in [1.82, 2.24) is 10.2 Å². The number of carbonyl (C=O) groups excluding carboxylic acids is 2. The van der Waals surface area contributed by atoms with E-state index in [1.165, 1.54) is 5.56 Å². The van der Waals surface area contributed by atoms with E-state index in [0.29, 0.717) is 24.4 Å². The number of rotatable bonds is 8. The summed E-state index contributed by atoms with van der Waals surface area (Å²) in [6.45, 7) is 8.76. The van der Waals surface area contributed by atoms with Gasteiger partial charge in [0.05, 0.1) is 0 Å². The van der Waals surface area contributed by atoms with Gasteiger partial charge in [-0.15, -0.1) is 0 Å². The van der Waals surface area contributed by atoms with E-state index in [0.717, 1.165) is 36.8 Å². The van der Waals surface area contributed by atoms with E-state index < -0.39 is 6.04 Å². The van der Waals surface area contributed by atoms with Gasteiger partial charge in [0.2, 0.25) is 11.8 Å². The lowest BCUT2D eigenvalue weighted by atomic mass is 9.86. The standard InChI is InChI=1S/C28H37ClN2O2/c1-20(27(33)30-25-10-5-6-11-25)31(19-22-8-7-9-24(29)18-22)26(32)17-14-21-12-15-23(16-13-21)28(2,3)4/h7-9,12-13,15-16,18,20,25H,5-6,10-11,14,17,19H2,1-4H3,(H,30,33)/t20-/m0/s1. The number of aryl methyl sites for hydroxylation is 1. The average Bonchev–Trinajstić information content (AvgIpc) is 3.28. The monoisotopic (exact) mass is 468 g/mol. The van der Waals surface area contributed by atoms with Crippen molar-refractivity contribution >= 4 is 23.4 Å². The summed E-state index contributed by atoms with van der Waals surface area (Å²) < 4.78 is 0. The molecule has 0 unspecified atom stereocenters. The molecule has 33 heavy (non-hydrogen) atoms. The molecule has 5 heteroatoms. The summed E-state index contributed by atoms with van der Waals surface area (Å²) in [5, 5.41) is 3.77. The van der Waals surface area contributed by atoms with Crippen LogP contribution in [0, 0.1) is 0 Å². The van der Waals surface area contributed by atoms with Crippen LogP contribution in [0.1, 0.15) is 76.5 Å². The minimum absolute atomic E-state index is 0.0241. The molecule has 0 aliphatic heterocycles. The molecule has 0 spiro atoms. The highest BCUT2D eigenvalue weighted by Gasteiger charge is 2.28. The molecule has 0 bridgehead atoms. The lowest BCUT2D eigenvalue weighted by molar-refractivity contribution is -0.140. The van der Waals surface area contributed by atoms with Crippen molar-refractivity contribution in [1.29, 1.82) is 0 Å². The molecule has 1 atom stereocenters. The number of nitrogens with zero attached hydrogens (tertiary/aromatic N) is 1. The molecule has 0 aromatic heterocycles. The van der Waals surface area contributed by atoms with E-state index in [4.69, 9.17) is 11.6 Å². The van der Waals surface area contributed by atoms with Crippen molar-refractivity contribution in [3.05, 3.63) is 70.2 Å². The van der Waals surface area contributed by atoms with Gasteiger partial charge in [0.15, 0.2) is 0 Å². The molecule has 178 valence electrons. The fourth-order valence-corrected chi connectivity index (χ4v) is 4.59. The lowest BCUT2D eigenvalue weighted by Crippen LogP contribution is -2.49. The van der Waals surface area contributed by atoms with Gasteiger partial charge in [0.25, 0.3) is 0 Å². The van der Waals surface area contributed by atoms with Crippen molar-refractivity contribution in [2.24, 2.45) is 0 Å². The number of hydrogen-bond acceptors (Lipinski definition) is 2. The first-order valence-electron chi connectivity index (χ1n) is 12.1. The van der Waals surface area contributed by atoms with Gasteiger partial charge < -0.3 is 10.2 Å². The van der Waals surface area contributed by atoms with Crippen LogP contribution in [-0.2, 0) is 28.0 Å². The van der Waals surface area contributed by atoms with E-state index in [2.05, 4.69) is 50.4 Å². The maximum absolute atomic E-state index is 13.3. The summed E-state index contributed by atoms with van der Waals surface area (Å²) >= 11 is 6.17. The first-order chi connectivity index (χ1) is 15.6. The summed E-state index contributed by atoms with van der Waals surface area (Å²) in [4.78, 5) is 28.0. The van der Waals surface area contributed by atoms with Crippen molar-refractivity contribution in [2.75, 3.05) is 0 Å². The molecule has 4 nitrogen and oxygen atoms in total. The number of hydrogen-bond donors (Lipinski definition) is 1. The van der Waals surface area contributed by atoms with Crippen molar-refractivity contribution in [3.63, 3.8) is 0 Å². The van der Waals surface area contributed by atoms with Crippen molar-refractivity contribution in [2.45, 2.75) is 90.3 Å². The second-order valence-electron chi connectivity index (χ2n) is 10.3. The van der Waals surface area contributed by atoms with Crippen molar-refractivity contribution in [3.8, 4) is 0 Å². The molecule has 1 aliphatic rings. The molecular weight excluding hydrogens is 432 g/mol. The predicted molar refractivity (Wildman–Crippen MR) is 135 cm³/mol. The van der Waals surface area contributed by atoms with E-state index in [-0.39, 0.29) is 23.3 Å². The normalized spacial score (nSPS) is 15.3. The van der Waals surface area contributed by atoms with Crippen LogP contribution in [0.2, 0.25) is 5.02 Å². The first kappa shape index (κ1) is 25.3. The highest BCUT2D eigenvalue weighted by molar-refractivity contribution is 6.30. The fourth-order valence-electron chi connectivity index (χ4n) is 4.37. The highest BCUT2D eigenvalue weighted by atomic mass is 35.5. The maximum atomic E-state index is 13.3. The summed E-state index contributed by atoms with van der Waals surface area (Å²) in [5.74, 6) is -0.101. The Kier molecular flexibility index (Phi) is 8.58. The Morgan fingerprint density at radius 1 is 1.06 bits per heavy atom. The molecule has 0 heterocycles. The Labute approximate surface area is 203 Å². The van der Waals surface area contributed by atoms with Gasteiger partial charge in [-0.25, -0.2) is 0 Å². The van der Waals surface area contributed by atoms with Gasteiger partial charge in [0, 0.05) is 24.0 Å². The van der Waals surface area contributed by atoms with Crippen LogP contribution in [0.4, 0.5) is 0 Å². The molecule has 1 saturated carbocycles. The largest absolute Gasteiger partial charge is 0.352 e. The SMILES string of the molecule is C[C@@H](C(=O)NC1CCCC1)N(Cc1cccc(Cl)c1)C(=O)CCc1ccc(C(C)(C)C)cc1.